The van der Waals surface area contributed by atoms with E-state index in [9.17, 15) is 9.59 Å². The standard InChI is InChI=1S/C24H20N2O4/c1-16(22-14-18-7-3-5-9-21(18)30-22)25-23(27)15-29-24(28)13-12-19-11-10-17-6-2-4-8-20(17)26-19/h2-14,16H,15H2,1H3,(H,25,27)/b13-12+/t16-/m1/s1. The number of rotatable bonds is 6. The van der Waals surface area contributed by atoms with Gasteiger partial charge in [0.15, 0.2) is 6.61 Å². The molecule has 0 fully saturated rings. The first kappa shape index (κ1) is 19.4. The molecule has 2 aromatic heterocycles. The Labute approximate surface area is 173 Å². The fourth-order valence-electron chi connectivity index (χ4n) is 3.08. The van der Waals surface area contributed by atoms with E-state index in [0.29, 0.717) is 11.5 Å². The number of carbonyl (C=O) groups is 2. The number of nitrogens with one attached hydrogen (secondary N) is 1. The first-order valence-electron chi connectivity index (χ1n) is 9.57. The molecule has 6 heteroatoms. The van der Waals surface area contributed by atoms with Crippen LogP contribution in [0.5, 0.6) is 0 Å². The van der Waals surface area contributed by atoms with Gasteiger partial charge in [0.2, 0.25) is 0 Å². The molecule has 0 aliphatic carbocycles. The molecule has 0 unspecified atom stereocenters. The van der Waals surface area contributed by atoms with Gasteiger partial charge < -0.3 is 14.5 Å². The van der Waals surface area contributed by atoms with E-state index in [2.05, 4.69) is 10.3 Å². The summed E-state index contributed by atoms with van der Waals surface area (Å²) >= 11 is 0. The molecule has 0 bridgehead atoms. The molecule has 0 aliphatic rings. The van der Waals surface area contributed by atoms with Gasteiger partial charge in [-0.2, -0.15) is 0 Å². The summed E-state index contributed by atoms with van der Waals surface area (Å²) in [6.07, 6.45) is 2.82. The van der Waals surface area contributed by atoms with Crippen LogP contribution in [0, 0.1) is 0 Å². The van der Waals surface area contributed by atoms with Crippen LogP contribution in [0.3, 0.4) is 0 Å². The number of nitrogens with zero attached hydrogens (tertiary/aromatic N) is 1. The number of amides is 1. The minimum absolute atomic E-state index is 0.346. The number of benzene rings is 2. The van der Waals surface area contributed by atoms with Gasteiger partial charge in [-0.05, 0) is 37.3 Å². The molecule has 0 aliphatic heterocycles. The van der Waals surface area contributed by atoms with Crippen molar-refractivity contribution in [1.29, 1.82) is 0 Å². The Bertz CT molecular complexity index is 1210. The first-order chi connectivity index (χ1) is 14.6. The fourth-order valence-corrected chi connectivity index (χ4v) is 3.08. The Balaban J connectivity index is 1.29. The lowest BCUT2D eigenvalue weighted by Gasteiger charge is -2.11. The molecule has 150 valence electrons. The lowest BCUT2D eigenvalue weighted by atomic mass is 10.2. The number of para-hydroxylation sites is 2. The highest BCUT2D eigenvalue weighted by Gasteiger charge is 2.15. The maximum absolute atomic E-state index is 12.1. The van der Waals surface area contributed by atoms with Crippen molar-refractivity contribution in [3.8, 4) is 0 Å². The summed E-state index contributed by atoms with van der Waals surface area (Å²) in [6, 6.07) is 20.6. The molecular weight excluding hydrogens is 380 g/mol. The summed E-state index contributed by atoms with van der Waals surface area (Å²) in [5.74, 6) is -0.386. The number of ether oxygens (including phenoxy) is 1. The zero-order valence-corrected chi connectivity index (χ0v) is 16.4. The van der Waals surface area contributed by atoms with Gasteiger partial charge in [-0.15, -0.1) is 0 Å². The Morgan fingerprint density at radius 3 is 2.67 bits per heavy atom. The maximum atomic E-state index is 12.1. The minimum Gasteiger partial charge on any atom is -0.459 e. The average Bonchev–Trinajstić information content (AvgIpc) is 3.20. The van der Waals surface area contributed by atoms with E-state index in [1.807, 2.05) is 73.7 Å². The summed E-state index contributed by atoms with van der Waals surface area (Å²) in [7, 11) is 0. The van der Waals surface area contributed by atoms with Crippen LogP contribution in [0.2, 0.25) is 0 Å². The van der Waals surface area contributed by atoms with Crippen molar-refractivity contribution >= 4 is 39.8 Å². The van der Waals surface area contributed by atoms with Crippen LogP contribution in [0.1, 0.15) is 24.4 Å². The van der Waals surface area contributed by atoms with Crippen molar-refractivity contribution in [3.63, 3.8) is 0 Å². The van der Waals surface area contributed by atoms with E-state index in [0.717, 1.165) is 21.9 Å². The first-order valence-corrected chi connectivity index (χ1v) is 9.57. The molecule has 6 nitrogen and oxygen atoms in total. The molecule has 30 heavy (non-hydrogen) atoms. The van der Waals surface area contributed by atoms with Gasteiger partial charge >= 0.3 is 5.97 Å². The highest BCUT2D eigenvalue weighted by Crippen LogP contribution is 2.23. The van der Waals surface area contributed by atoms with Gasteiger partial charge in [0.05, 0.1) is 17.3 Å². The molecule has 0 saturated carbocycles. The summed E-state index contributed by atoms with van der Waals surface area (Å²) in [5.41, 5.74) is 2.23. The summed E-state index contributed by atoms with van der Waals surface area (Å²) in [4.78, 5) is 28.5. The van der Waals surface area contributed by atoms with Crippen LogP contribution >= 0.6 is 0 Å². The number of pyridine rings is 1. The molecule has 1 amide bonds. The van der Waals surface area contributed by atoms with Gasteiger partial charge in [-0.25, -0.2) is 9.78 Å². The summed E-state index contributed by atoms with van der Waals surface area (Å²) in [6.45, 7) is 1.43. The van der Waals surface area contributed by atoms with Crippen molar-refractivity contribution in [3.05, 3.63) is 84.3 Å². The highest BCUT2D eigenvalue weighted by atomic mass is 16.5. The van der Waals surface area contributed by atoms with Crippen molar-refractivity contribution in [2.24, 2.45) is 0 Å². The fraction of sp³-hybridized carbons (Fsp3) is 0.125. The van der Waals surface area contributed by atoms with Crippen LogP contribution in [0.4, 0.5) is 0 Å². The lowest BCUT2D eigenvalue weighted by Crippen LogP contribution is -2.30. The predicted molar refractivity (Wildman–Crippen MR) is 115 cm³/mol. The molecule has 0 saturated heterocycles. The number of fused-ring (bicyclic) bond motifs is 2. The van der Waals surface area contributed by atoms with E-state index in [-0.39, 0.29) is 12.6 Å². The Hall–Kier alpha value is -3.93. The van der Waals surface area contributed by atoms with Crippen LogP contribution in [0.25, 0.3) is 27.9 Å². The molecule has 4 rings (SSSR count). The maximum Gasteiger partial charge on any atom is 0.331 e. The zero-order chi connectivity index (χ0) is 20.9. The largest absolute Gasteiger partial charge is 0.459 e. The topological polar surface area (TPSA) is 81.4 Å². The number of hydrogen-bond acceptors (Lipinski definition) is 5. The number of esters is 1. The molecule has 1 atom stereocenters. The Morgan fingerprint density at radius 2 is 1.83 bits per heavy atom. The second-order valence-electron chi connectivity index (χ2n) is 6.85. The van der Waals surface area contributed by atoms with Crippen LogP contribution in [-0.4, -0.2) is 23.5 Å². The van der Waals surface area contributed by atoms with Gasteiger partial charge in [0, 0.05) is 16.8 Å². The molecule has 4 aromatic rings. The predicted octanol–water partition coefficient (Wildman–Crippen LogP) is 4.41. The SMILES string of the molecule is C[C@@H](NC(=O)COC(=O)/C=C/c1ccc2ccccc2n1)c1cc2ccccc2o1. The Kier molecular flexibility index (Phi) is 5.57. The molecule has 2 aromatic carbocycles. The van der Waals surface area contributed by atoms with Crippen LogP contribution < -0.4 is 5.32 Å². The quantitative estimate of drug-likeness (QED) is 0.383. The molecule has 1 N–H and O–H groups in total. The average molecular weight is 400 g/mol. The number of furan rings is 1. The van der Waals surface area contributed by atoms with Crippen molar-refractivity contribution in [1.82, 2.24) is 10.3 Å². The van der Waals surface area contributed by atoms with Gasteiger partial charge in [-0.3, -0.25) is 4.79 Å². The summed E-state index contributed by atoms with van der Waals surface area (Å²) in [5, 5.41) is 4.75. The van der Waals surface area contributed by atoms with Gasteiger partial charge in [-0.1, -0.05) is 42.5 Å². The van der Waals surface area contributed by atoms with E-state index >= 15 is 0 Å². The third-order valence-corrected chi connectivity index (χ3v) is 4.60. The third kappa shape index (κ3) is 4.55. The van der Waals surface area contributed by atoms with Crippen LogP contribution in [0.15, 0.2) is 77.2 Å². The molecule has 2 heterocycles. The minimum atomic E-state index is -0.614. The number of hydrogen-bond donors (Lipinski definition) is 1. The van der Waals surface area contributed by atoms with Crippen molar-refractivity contribution in [2.45, 2.75) is 13.0 Å². The molecule has 0 spiro atoms. The van der Waals surface area contributed by atoms with Crippen molar-refractivity contribution in [2.75, 3.05) is 6.61 Å². The van der Waals surface area contributed by atoms with E-state index in [4.69, 9.17) is 9.15 Å². The highest BCUT2D eigenvalue weighted by molar-refractivity contribution is 5.89. The second kappa shape index (κ2) is 8.61. The van der Waals surface area contributed by atoms with Gasteiger partial charge in [0.1, 0.15) is 11.3 Å². The van der Waals surface area contributed by atoms with E-state index in [1.54, 1.807) is 6.08 Å². The lowest BCUT2D eigenvalue weighted by molar-refractivity contribution is -0.144. The van der Waals surface area contributed by atoms with E-state index in [1.165, 1.54) is 6.08 Å². The van der Waals surface area contributed by atoms with Crippen LogP contribution in [-0.2, 0) is 14.3 Å². The molecule has 0 radical (unpaired) electrons. The summed E-state index contributed by atoms with van der Waals surface area (Å²) < 4.78 is 10.7. The number of aromatic nitrogens is 1. The van der Waals surface area contributed by atoms with E-state index < -0.39 is 11.9 Å². The third-order valence-electron chi connectivity index (χ3n) is 4.60. The second-order valence-corrected chi connectivity index (χ2v) is 6.85. The monoisotopic (exact) mass is 400 g/mol. The van der Waals surface area contributed by atoms with Gasteiger partial charge in [0.25, 0.3) is 5.91 Å². The zero-order valence-electron chi connectivity index (χ0n) is 16.4. The smallest absolute Gasteiger partial charge is 0.331 e. The van der Waals surface area contributed by atoms with Crippen molar-refractivity contribution < 1.29 is 18.7 Å². The number of carbonyl (C=O) groups excluding carboxylic acids is 2. The molecular formula is C24H20N2O4. The normalized spacial score (nSPS) is 12.3. The Morgan fingerprint density at radius 1 is 1.07 bits per heavy atom.